The first-order valence-electron chi connectivity index (χ1n) is 5.69. The topological polar surface area (TPSA) is 63.2 Å². The third kappa shape index (κ3) is 13.2. The molecule has 0 saturated carbocycles. The highest BCUT2D eigenvalue weighted by Crippen LogP contribution is 1.83. The summed E-state index contributed by atoms with van der Waals surface area (Å²) in [5.74, 6) is -0.385. The molecule has 0 bridgehead atoms. The monoisotopic (exact) mass is 250 g/mol. The molecule has 0 atom stereocenters. The molecule has 6 heteroatoms. The van der Waals surface area contributed by atoms with E-state index in [2.05, 4.69) is 4.74 Å². The van der Waals surface area contributed by atoms with E-state index >= 15 is 0 Å². The van der Waals surface area contributed by atoms with E-state index in [1.807, 2.05) is 6.92 Å². The average Bonchev–Trinajstić information content (AvgIpc) is 2.35. The van der Waals surface area contributed by atoms with Gasteiger partial charge >= 0.3 is 5.97 Å². The second-order valence-electron chi connectivity index (χ2n) is 3.05. The minimum atomic E-state index is -0.385. The van der Waals surface area contributed by atoms with Gasteiger partial charge in [-0.15, -0.1) is 0 Å². The van der Waals surface area contributed by atoms with Crippen molar-refractivity contribution in [2.75, 3.05) is 60.0 Å². The number of hydrogen-bond acceptors (Lipinski definition) is 6. The van der Waals surface area contributed by atoms with Gasteiger partial charge in [-0.1, -0.05) is 0 Å². The Morgan fingerprint density at radius 1 is 0.824 bits per heavy atom. The van der Waals surface area contributed by atoms with Gasteiger partial charge in [0.2, 0.25) is 0 Å². The van der Waals surface area contributed by atoms with Gasteiger partial charge in [-0.3, -0.25) is 0 Å². The van der Waals surface area contributed by atoms with Crippen molar-refractivity contribution in [3.63, 3.8) is 0 Å². The molecule has 0 aliphatic carbocycles. The number of rotatable bonds is 12. The molecule has 102 valence electrons. The predicted octanol–water partition coefficient (Wildman–Crippen LogP) is 0.246. The summed E-state index contributed by atoms with van der Waals surface area (Å²) in [6, 6.07) is 0. The summed E-state index contributed by atoms with van der Waals surface area (Å²) in [7, 11) is 1.32. The van der Waals surface area contributed by atoms with Gasteiger partial charge in [-0.05, 0) is 6.92 Å². The maximum atomic E-state index is 10.7. The Morgan fingerprint density at radius 3 is 1.76 bits per heavy atom. The number of carbonyl (C=O) groups excluding carboxylic acids is 1. The number of carbonyl (C=O) groups is 1. The fourth-order valence-electron chi connectivity index (χ4n) is 0.916. The van der Waals surface area contributed by atoms with Crippen LogP contribution in [0.1, 0.15) is 6.92 Å². The molecule has 17 heavy (non-hydrogen) atoms. The Morgan fingerprint density at radius 2 is 1.29 bits per heavy atom. The van der Waals surface area contributed by atoms with Crippen LogP contribution in [-0.4, -0.2) is 65.9 Å². The zero-order valence-electron chi connectivity index (χ0n) is 10.6. The van der Waals surface area contributed by atoms with Crippen LogP contribution in [0.15, 0.2) is 0 Å². The Hall–Kier alpha value is -0.690. The molecular formula is C11H22O6. The number of esters is 1. The van der Waals surface area contributed by atoms with Crippen molar-refractivity contribution in [3.8, 4) is 0 Å². The molecule has 0 N–H and O–H groups in total. The first kappa shape index (κ1) is 16.3. The molecule has 0 rings (SSSR count). The fourth-order valence-corrected chi connectivity index (χ4v) is 0.916. The molecule has 0 aliphatic rings. The van der Waals surface area contributed by atoms with E-state index in [-0.39, 0.29) is 12.6 Å². The Balaban J connectivity index is 2.96. The summed E-state index contributed by atoms with van der Waals surface area (Å²) in [5.41, 5.74) is 0. The zero-order valence-corrected chi connectivity index (χ0v) is 10.6. The van der Waals surface area contributed by atoms with E-state index in [0.717, 1.165) is 0 Å². The molecule has 0 fully saturated rings. The molecule has 0 radical (unpaired) electrons. The highest BCUT2D eigenvalue weighted by Gasteiger charge is 1.98. The van der Waals surface area contributed by atoms with Gasteiger partial charge in [0.25, 0.3) is 0 Å². The minimum Gasteiger partial charge on any atom is -0.467 e. The van der Waals surface area contributed by atoms with Crippen molar-refractivity contribution < 1.29 is 28.5 Å². The lowest BCUT2D eigenvalue weighted by Gasteiger charge is -2.06. The zero-order chi connectivity index (χ0) is 12.8. The van der Waals surface area contributed by atoms with Crippen molar-refractivity contribution >= 4 is 5.97 Å². The molecule has 0 amide bonds. The largest absolute Gasteiger partial charge is 0.467 e. The van der Waals surface area contributed by atoms with E-state index in [0.29, 0.717) is 46.2 Å². The standard InChI is InChI=1S/C11H22O6/c1-3-14-4-5-15-6-7-16-8-9-17-10-11(12)13-2/h3-10H2,1-2H3. The van der Waals surface area contributed by atoms with E-state index < -0.39 is 0 Å². The van der Waals surface area contributed by atoms with Crippen molar-refractivity contribution in [1.82, 2.24) is 0 Å². The second-order valence-corrected chi connectivity index (χ2v) is 3.05. The van der Waals surface area contributed by atoms with Crippen LogP contribution in [0, 0.1) is 0 Å². The Bertz CT molecular complexity index is 173. The molecule has 0 unspecified atom stereocenters. The predicted molar refractivity (Wildman–Crippen MR) is 61.0 cm³/mol. The SMILES string of the molecule is CCOCCOCCOCCOCC(=O)OC. The quantitative estimate of drug-likeness (QED) is 0.365. The van der Waals surface area contributed by atoms with Gasteiger partial charge in [-0.2, -0.15) is 0 Å². The van der Waals surface area contributed by atoms with Crippen LogP contribution >= 0.6 is 0 Å². The summed E-state index contributed by atoms with van der Waals surface area (Å²) in [4.78, 5) is 10.7. The van der Waals surface area contributed by atoms with Crippen molar-refractivity contribution in [1.29, 1.82) is 0 Å². The molecule has 0 saturated heterocycles. The van der Waals surface area contributed by atoms with Crippen LogP contribution in [0.25, 0.3) is 0 Å². The van der Waals surface area contributed by atoms with Crippen molar-refractivity contribution in [2.45, 2.75) is 6.92 Å². The summed E-state index contributed by atoms with van der Waals surface area (Å²) in [6.07, 6.45) is 0. The first-order chi connectivity index (χ1) is 8.31. The van der Waals surface area contributed by atoms with E-state index in [1.165, 1.54) is 7.11 Å². The van der Waals surface area contributed by atoms with E-state index in [9.17, 15) is 4.79 Å². The first-order valence-corrected chi connectivity index (χ1v) is 5.69. The van der Waals surface area contributed by atoms with Crippen molar-refractivity contribution in [3.05, 3.63) is 0 Å². The molecule has 0 aliphatic heterocycles. The highest BCUT2D eigenvalue weighted by molar-refractivity contribution is 5.70. The molecule has 0 heterocycles. The second kappa shape index (κ2) is 13.4. The number of ether oxygens (including phenoxy) is 5. The molecule has 0 aromatic rings. The highest BCUT2D eigenvalue weighted by atomic mass is 16.6. The summed E-state index contributed by atoms with van der Waals surface area (Å²) < 4.78 is 24.9. The average molecular weight is 250 g/mol. The normalized spacial score (nSPS) is 10.5. The van der Waals surface area contributed by atoms with Gasteiger partial charge in [0.05, 0.1) is 46.8 Å². The van der Waals surface area contributed by atoms with Crippen LogP contribution in [0.2, 0.25) is 0 Å². The van der Waals surface area contributed by atoms with E-state index in [4.69, 9.17) is 18.9 Å². The molecule has 0 aromatic carbocycles. The van der Waals surface area contributed by atoms with Crippen LogP contribution < -0.4 is 0 Å². The summed E-state index contributed by atoms with van der Waals surface area (Å²) in [5, 5.41) is 0. The Kier molecular flexibility index (Phi) is 12.8. The van der Waals surface area contributed by atoms with Gasteiger partial charge in [0, 0.05) is 6.61 Å². The lowest BCUT2D eigenvalue weighted by molar-refractivity contribution is -0.146. The van der Waals surface area contributed by atoms with Crippen LogP contribution in [0.4, 0.5) is 0 Å². The van der Waals surface area contributed by atoms with Gasteiger partial charge in [0.1, 0.15) is 6.61 Å². The van der Waals surface area contributed by atoms with Gasteiger partial charge in [0.15, 0.2) is 0 Å². The number of hydrogen-bond donors (Lipinski definition) is 0. The molecule has 0 spiro atoms. The molecule has 6 nitrogen and oxygen atoms in total. The molecular weight excluding hydrogens is 228 g/mol. The van der Waals surface area contributed by atoms with Crippen LogP contribution in [-0.2, 0) is 28.5 Å². The lowest BCUT2D eigenvalue weighted by atomic mass is 10.7. The summed E-state index contributed by atoms with van der Waals surface area (Å²) in [6.45, 7) is 5.64. The van der Waals surface area contributed by atoms with Gasteiger partial charge in [-0.25, -0.2) is 4.79 Å². The van der Waals surface area contributed by atoms with Crippen LogP contribution in [0.5, 0.6) is 0 Å². The lowest BCUT2D eigenvalue weighted by Crippen LogP contribution is -2.15. The van der Waals surface area contributed by atoms with E-state index in [1.54, 1.807) is 0 Å². The molecule has 0 aromatic heterocycles. The Labute approximate surface area is 102 Å². The summed E-state index contributed by atoms with van der Waals surface area (Å²) >= 11 is 0. The smallest absolute Gasteiger partial charge is 0.331 e. The van der Waals surface area contributed by atoms with Gasteiger partial charge < -0.3 is 23.7 Å². The third-order valence-corrected chi connectivity index (χ3v) is 1.77. The fraction of sp³-hybridized carbons (Fsp3) is 0.909. The maximum absolute atomic E-state index is 10.7. The third-order valence-electron chi connectivity index (χ3n) is 1.77. The van der Waals surface area contributed by atoms with Crippen LogP contribution in [0.3, 0.4) is 0 Å². The minimum absolute atomic E-state index is 0.0370. The maximum Gasteiger partial charge on any atom is 0.331 e. The number of methoxy groups -OCH3 is 1. The van der Waals surface area contributed by atoms with Crippen molar-refractivity contribution in [2.24, 2.45) is 0 Å².